The Morgan fingerprint density at radius 3 is 2.78 bits per heavy atom. The summed E-state index contributed by atoms with van der Waals surface area (Å²) in [6.07, 6.45) is 7.16. The van der Waals surface area contributed by atoms with Crippen LogP contribution in [0.4, 0.5) is 4.39 Å². The third-order valence-electron chi connectivity index (χ3n) is 3.85. The second kappa shape index (κ2) is 6.53. The molecular weight excluding hydrogens is 251 g/mol. The minimum absolute atomic E-state index is 0.294. The molecule has 1 saturated carbocycles. The lowest BCUT2D eigenvalue weighted by Gasteiger charge is -2.14. The van der Waals surface area contributed by atoms with Crippen molar-refractivity contribution in [3.8, 4) is 0 Å². The molecule has 1 aliphatic carbocycles. The highest BCUT2D eigenvalue weighted by molar-refractivity contribution is 6.31. The lowest BCUT2D eigenvalue weighted by molar-refractivity contribution is 0.155. The summed E-state index contributed by atoms with van der Waals surface area (Å²) in [5.74, 6) is 0.486. The van der Waals surface area contributed by atoms with Crippen LogP contribution in [0.15, 0.2) is 18.2 Å². The summed E-state index contributed by atoms with van der Waals surface area (Å²) >= 11 is 5.99. The van der Waals surface area contributed by atoms with Crippen LogP contribution in [0, 0.1) is 11.7 Å². The number of rotatable bonds is 5. The first kappa shape index (κ1) is 13.8. The Hall–Kier alpha value is -0.600. The van der Waals surface area contributed by atoms with Crippen LogP contribution in [-0.2, 0) is 6.42 Å². The van der Waals surface area contributed by atoms with Crippen LogP contribution in [-0.4, -0.2) is 11.2 Å². The molecule has 0 spiro atoms. The molecule has 0 bridgehead atoms. The Morgan fingerprint density at radius 1 is 1.33 bits per heavy atom. The minimum atomic E-state index is -0.412. The topological polar surface area (TPSA) is 20.2 Å². The first-order chi connectivity index (χ1) is 8.65. The highest BCUT2D eigenvalue weighted by Crippen LogP contribution is 2.29. The Labute approximate surface area is 113 Å². The molecule has 1 fully saturated rings. The summed E-state index contributed by atoms with van der Waals surface area (Å²) in [6, 6.07) is 4.31. The van der Waals surface area contributed by atoms with Gasteiger partial charge in [-0.25, -0.2) is 4.39 Å². The van der Waals surface area contributed by atoms with Crippen LogP contribution in [0.5, 0.6) is 0 Å². The van der Waals surface area contributed by atoms with Crippen LogP contribution < -0.4 is 0 Å². The van der Waals surface area contributed by atoms with Crippen molar-refractivity contribution in [2.75, 3.05) is 0 Å². The van der Waals surface area contributed by atoms with Crippen molar-refractivity contribution in [1.82, 2.24) is 0 Å². The first-order valence-electron chi connectivity index (χ1n) is 6.77. The normalized spacial score (nSPS) is 18.2. The average Bonchev–Trinajstić information content (AvgIpc) is 2.84. The highest BCUT2D eigenvalue weighted by atomic mass is 35.5. The molecule has 0 saturated heterocycles. The Kier molecular flexibility index (Phi) is 5.02. The molecule has 1 unspecified atom stereocenters. The van der Waals surface area contributed by atoms with Gasteiger partial charge in [0.15, 0.2) is 0 Å². The fraction of sp³-hybridized carbons (Fsp3) is 0.600. The zero-order valence-electron chi connectivity index (χ0n) is 10.5. The van der Waals surface area contributed by atoms with Crippen LogP contribution in [0.1, 0.15) is 44.1 Å². The van der Waals surface area contributed by atoms with Crippen LogP contribution in [0.3, 0.4) is 0 Å². The third kappa shape index (κ3) is 3.96. The molecule has 0 radical (unpaired) electrons. The van der Waals surface area contributed by atoms with Gasteiger partial charge < -0.3 is 5.11 Å². The van der Waals surface area contributed by atoms with Crippen molar-refractivity contribution in [3.05, 3.63) is 34.6 Å². The molecule has 100 valence electrons. The number of benzene rings is 1. The smallest absolute Gasteiger partial charge is 0.123 e. The van der Waals surface area contributed by atoms with Gasteiger partial charge in [0.2, 0.25) is 0 Å². The first-order valence-corrected chi connectivity index (χ1v) is 7.15. The summed E-state index contributed by atoms with van der Waals surface area (Å²) in [6.45, 7) is 0. The zero-order chi connectivity index (χ0) is 13.0. The number of aliphatic hydroxyl groups is 1. The number of hydrogen-bond donors (Lipinski definition) is 1. The molecule has 1 atom stereocenters. The quantitative estimate of drug-likeness (QED) is 0.843. The predicted molar refractivity (Wildman–Crippen MR) is 72.3 cm³/mol. The third-order valence-corrected chi connectivity index (χ3v) is 4.21. The van der Waals surface area contributed by atoms with Crippen molar-refractivity contribution < 1.29 is 9.50 Å². The van der Waals surface area contributed by atoms with Gasteiger partial charge in [0.25, 0.3) is 0 Å². The second-order valence-corrected chi connectivity index (χ2v) is 5.73. The number of hydrogen-bond acceptors (Lipinski definition) is 1. The Bertz CT molecular complexity index is 388. The van der Waals surface area contributed by atoms with Crippen LogP contribution in [0.2, 0.25) is 5.02 Å². The molecule has 18 heavy (non-hydrogen) atoms. The van der Waals surface area contributed by atoms with E-state index in [0.29, 0.717) is 17.0 Å². The largest absolute Gasteiger partial charge is 0.393 e. The molecule has 1 N–H and O–H groups in total. The average molecular weight is 271 g/mol. The maximum atomic E-state index is 13.1. The molecule has 1 aromatic rings. The van der Waals surface area contributed by atoms with Crippen molar-refractivity contribution in [3.63, 3.8) is 0 Å². The molecule has 1 aromatic carbocycles. The van der Waals surface area contributed by atoms with E-state index in [1.807, 2.05) is 0 Å². The maximum absolute atomic E-state index is 13.1. The van der Waals surface area contributed by atoms with E-state index in [-0.39, 0.29) is 5.82 Å². The molecular formula is C15H20ClFO. The van der Waals surface area contributed by atoms with E-state index in [0.717, 1.165) is 18.8 Å². The number of halogens is 2. The molecule has 0 aliphatic heterocycles. The van der Waals surface area contributed by atoms with Gasteiger partial charge >= 0.3 is 0 Å². The number of aliphatic hydroxyl groups excluding tert-OH is 1. The van der Waals surface area contributed by atoms with Crippen LogP contribution in [0.25, 0.3) is 0 Å². The van der Waals surface area contributed by atoms with Gasteiger partial charge in [-0.05, 0) is 48.9 Å². The highest BCUT2D eigenvalue weighted by Gasteiger charge is 2.17. The maximum Gasteiger partial charge on any atom is 0.123 e. The van der Waals surface area contributed by atoms with Crippen LogP contribution >= 0.6 is 11.6 Å². The van der Waals surface area contributed by atoms with E-state index in [1.165, 1.54) is 37.8 Å². The van der Waals surface area contributed by atoms with Gasteiger partial charge in [0, 0.05) is 5.02 Å². The van der Waals surface area contributed by atoms with Gasteiger partial charge in [-0.15, -0.1) is 0 Å². The van der Waals surface area contributed by atoms with Gasteiger partial charge in [0.05, 0.1) is 6.10 Å². The second-order valence-electron chi connectivity index (χ2n) is 5.32. The van der Waals surface area contributed by atoms with Crippen molar-refractivity contribution in [2.24, 2.45) is 5.92 Å². The molecule has 0 aromatic heterocycles. The summed E-state index contributed by atoms with van der Waals surface area (Å²) in [4.78, 5) is 0. The zero-order valence-corrected chi connectivity index (χ0v) is 11.3. The Morgan fingerprint density at radius 2 is 2.06 bits per heavy atom. The molecule has 0 amide bonds. The molecule has 1 nitrogen and oxygen atoms in total. The van der Waals surface area contributed by atoms with E-state index in [1.54, 1.807) is 6.07 Å². The van der Waals surface area contributed by atoms with E-state index in [9.17, 15) is 9.50 Å². The van der Waals surface area contributed by atoms with Gasteiger partial charge in [-0.1, -0.05) is 37.3 Å². The molecule has 0 heterocycles. The minimum Gasteiger partial charge on any atom is -0.393 e. The fourth-order valence-corrected chi connectivity index (χ4v) is 2.98. The summed E-state index contributed by atoms with van der Waals surface area (Å²) in [5.41, 5.74) is 0.704. The summed E-state index contributed by atoms with van der Waals surface area (Å²) < 4.78 is 13.1. The van der Waals surface area contributed by atoms with E-state index in [2.05, 4.69) is 0 Å². The monoisotopic (exact) mass is 270 g/mol. The molecule has 3 heteroatoms. The van der Waals surface area contributed by atoms with Crippen molar-refractivity contribution in [1.29, 1.82) is 0 Å². The standard InChI is InChI=1S/C15H20ClFO/c16-15-8-6-13(17)9-12(15)10-14(18)7-5-11-3-1-2-4-11/h6,8-9,11,14,18H,1-5,7,10H2. The van der Waals surface area contributed by atoms with Crippen molar-refractivity contribution in [2.45, 2.75) is 51.0 Å². The Balaban J connectivity index is 1.82. The van der Waals surface area contributed by atoms with Gasteiger partial charge in [-0.2, -0.15) is 0 Å². The van der Waals surface area contributed by atoms with Crippen molar-refractivity contribution >= 4 is 11.6 Å². The van der Waals surface area contributed by atoms with Gasteiger partial charge in [0.1, 0.15) is 5.82 Å². The van der Waals surface area contributed by atoms with E-state index in [4.69, 9.17) is 11.6 Å². The van der Waals surface area contributed by atoms with E-state index < -0.39 is 6.10 Å². The predicted octanol–water partition coefficient (Wildman–Crippen LogP) is 4.35. The molecule has 2 rings (SSSR count). The summed E-state index contributed by atoms with van der Waals surface area (Å²) in [7, 11) is 0. The van der Waals surface area contributed by atoms with E-state index >= 15 is 0 Å². The molecule has 1 aliphatic rings. The van der Waals surface area contributed by atoms with Gasteiger partial charge in [-0.3, -0.25) is 0 Å². The SMILES string of the molecule is OC(CCC1CCCC1)Cc1cc(F)ccc1Cl. The lowest BCUT2D eigenvalue weighted by atomic mass is 9.96. The fourth-order valence-electron chi connectivity index (χ4n) is 2.78. The summed E-state index contributed by atoms with van der Waals surface area (Å²) in [5, 5.41) is 10.5. The lowest BCUT2D eigenvalue weighted by Crippen LogP contribution is -2.12.